The van der Waals surface area contributed by atoms with Crippen LogP contribution >= 0.6 is 11.6 Å². The van der Waals surface area contributed by atoms with Crippen LogP contribution in [-0.4, -0.2) is 17.7 Å². The van der Waals surface area contributed by atoms with Crippen molar-refractivity contribution in [1.82, 2.24) is 4.98 Å². The molecule has 2 atom stereocenters. The zero-order chi connectivity index (χ0) is 12.1. The Morgan fingerprint density at radius 2 is 2.47 bits per heavy atom. The van der Waals surface area contributed by atoms with Gasteiger partial charge in [-0.05, 0) is 43.7 Å². The first-order valence-corrected chi connectivity index (χ1v) is 6.62. The van der Waals surface area contributed by atoms with E-state index in [1.165, 1.54) is 12.8 Å². The number of rotatable bonds is 5. The highest BCUT2D eigenvalue weighted by atomic mass is 35.5. The first-order chi connectivity index (χ1) is 8.27. The summed E-state index contributed by atoms with van der Waals surface area (Å²) in [5.74, 6) is 0. The molecule has 4 heteroatoms. The molecular weight excluding hydrogens is 236 g/mol. The average Bonchev–Trinajstić information content (AvgIpc) is 2.82. The molecule has 1 aliphatic rings. The summed E-state index contributed by atoms with van der Waals surface area (Å²) in [4.78, 5) is 3.96. The number of pyridine rings is 1. The van der Waals surface area contributed by atoms with Crippen LogP contribution in [0.15, 0.2) is 18.5 Å². The first kappa shape index (κ1) is 12.8. The molecule has 0 bridgehead atoms. The maximum atomic E-state index is 6.13. The van der Waals surface area contributed by atoms with Crippen LogP contribution in [0.25, 0.3) is 0 Å². The van der Waals surface area contributed by atoms with Crippen LogP contribution in [0, 0.1) is 0 Å². The fraction of sp³-hybridized carbons (Fsp3) is 0.615. The van der Waals surface area contributed by atoms with E-state index in [2.05, 4.69) is 4.98 Å². The maximum absolute atomic E-state index is 6.13. The Morgan fingerprint density at radius 3 is 3.18 bits per heavy atom. The Bertz CT molecular complexity index is 353. The van der Waals surface area contributed by atoms with E-state index in [0.29, 0.717) is 11.1 Å². The third-order valence-electron chi connectivity index (χ3n) is 3.27. The van der Waals surface area contributed by atoms with Crippen molar-refractivity contribution in [3.8, 4) is 0 Å². The van der Waals surface area contributed by atoms with Gasteiger partial charge in [-0.15, -0.1) is 0 Å². The number of halogens is 1. The SMILES string of the molecule is NC(CCCC1CCCO1)c1ccncc1Cl. The molecule has 94 valence electrons. The molecule has 1 aliphatic heterocycles. The summed E-state index contributed by atoms with van der Waals surface area (Å²) in [5, 5.41) is 0.664. The molecule has 2 N–H and O–H groups in total. The topological polar surface area (TPSA) is 48.1 Å². The summed E-state index contributed by atoms with van der Waals surface area (Å²) >= 11 is 6.06. The lowest BCUT2D eigenvalue weighted by molar-refractivity contribution is 0.101. The third-order valence-corrected chi connectivity index (χ3v) is 3.58. The molecule has 2 unspecified atom stereocenters. The normalized spacial score (nSPS) is 21.6. The van der Waals surface area contributed by atoms with Crippen LogP contribution in [0.5, 0.6) is 0 Å². The van der Waals surface area contributed by atoms with Gasteiger partial charge in [0.05, 0.1) is 11.1 Å². The predicted octanol–water partition coefficient (Wildman–Crippen LogP) is 3.08. The van der Waals surface area contributed by atoms with Crippen molar-refractivity contribution in [2.45, 2.75) is 44.2 Å². The maximum Gasteiger partial charge on any atom is 0.0637 e. The van der Waals surface area contributed by atoms with Crippen LogP contribution in [-0.2, 0) is 4.74 Å². The second-order valence-electron chi connectivity index (χ2n) is 4.57. The van der Waals surface area contributed by atoms with E-state index in [0.717, 1.165) is 31.4 Å². The summed E-state index contributed by atoms with van der Waals surface area (Å²) in [7, 11) is 0. The molecule has 0 aromatic carbocycles. The van der Waals surface area contributed by atoms with E-state index in [-0.39, 0.29) is 6.04 Å². The summed E-state index contributed by atoms with van der Waals surface area (Å²) in [6.45, 7) is 0.924. The molecular formula is C13H19ClN2O. The van der Waals surface area contributed by atoms with Gasteiger partial charge in [0.25, 0.3) is 0 Å². The van der Waals surface area contributed by atoms with Crippen LogP contribution in [0.1, 0.15) is 43.7 Å². The Hall–Kier alpha value is -0.640. The van der Waals surface area contributed by atoms with Crippen molar-refractivity contribution in [2.75, 3.05) is 6.61 Å². The van der Waals surface area contributed by atoms with E-state index < -0.39 is 0 Å². The fourth-order valence-corrected chi connectivity index (χ4v) is 2.54. The Labute approximate surface area is 107 Å². The van der Waals surface area contributed by atoms with Crippen LogP contribution in [0.3, 0.4) is 0 Å². The Kier molecular flexibility index (Phi) is 4.77. The van der Waals surface area contributed by atoms with Gasteiger partial charge in [0.2, 0.25) is 0 Å². The van der Waals surface area contributed by atoms with Gasteiger partial charge < -0.3 is 10.5 Å². The van der Waals surface area contributed by atoms with Crippen molar-refractivity contribution >= 4 is 11.6 Å². The molecule has 0 aliphatic carbocycles. The van der Waals surface area contributed by atoms with Crippen molar-refractivity contribution < 1.29 is 4.74 Å². The quantitative estimate of drug-likeness (QED) is 0.879. The molecule has 0 radical (unpaired) electrons. The lowest BCUT2D eigenvalue weighted by Crippen LogP contribution is -2.12. The third kappa shape index (κ3) is 3.66. The van der Waals surface area contributed by atoms with Crippen molar-refractivity contribution in [1.29, 1.82) is 0 Å². The van der Waals surface area contributed by atoms with Gasteiger partial charge in [0, 0.05) is 25.0 Å². The van der Waals surface area contributed by atoms with Gasteiger partial charge >= 0.3 is 0 Å². The van der Waals surface area contributed by atoms with Crippen molar-refractivity contribution in [3.63, 3.8) is 0 Å². The average molecular weight is 255 g/mol. The lowest BCUT2D eigenvalue weighted by Gasteiger charge is -2.14. The number of hydrogen-bond acceptors (Lipinski definition) is 3. The lowest BCUT2D eigenvalue weighted by atomic mass is 10.0. The van der Waals surface area contributed by atoms with Gasteiger partial charge in [0.15, 0.2) is 0 Å². The zero-order valence-corrected chi connectivity index (χ0v) is 10.7. The molecule has 0 spiro atoms. The van der Waals surface area contributed by atoms with E-state index in [1.54, 1.807) is 12.4 Å². The Balaban J connectivity index is 1.77. The van der Waals surface area contributed by atoms with E-state index in [4.69, 9.17) is 22.1 Å². The van der Waals surface area contributed by atoms with E-state index >= 15 is 0 Å². The van der Waals surface area contributed by atoms with Gasteiger partial charge in [-0.25, -0.2) is 0 Å². The first-order valence-electron chi connectivity index (χ1n) is 6.24. The number of nitrogens with zero attached hydrogens (tertiary/aromatic N) is 1. The molecule has 0 amide bonds. The monoisotopic (exact) mass is 254 g/mol. The number of hydrogen-bond donors (Lipinski definition) is 1. The van der Waals surface area contributed by atoms with Gasteiger partial charge in [0.1, 0.15) is 0 Å². The number of aromatic nitrogens is 1. The van der Waals surface area contributed by atoms with Crippen LogP contribution < -0.4 is 5.73 Å². The minimum atomic E-state index is 0.00639. The fourth-order valence-electron chi connectivity index (χ4n) is 2.28. The number of ether oxygens (including phenoxy) is 1. The zero-order valence-electron chi connectivity index (χ0n) is 9.94. The highest BCUT2D eigenvalue weighted by Gasteiger charge is 2.16. The van der Waals surface area contributed by atoms with E-state index in [1.807, 2.05) is 6.07 Å². The Morgan fingerprint density at radius 1 is 1.59 bits per heavy atom. The molecule has 1 fully saturated rings. The molecule has 17 heavy (non-hydrogen) atoms. The molecule has 1 aromatic rings. The van der Waals surface area contributed by atoms with Gasteiger partial charge in [-0.2, -0.15) is 0 Å². The van der Waals surface area contributed by atoms with E-state index in [9.17, 15) is 0 Å². The standard InChI is InChI=1S/C13H19ClN2O/c14-12-9-16-7-6-11(12)13(15)5-1-3-10-4-2-8-17-10/h6-7,9-10,13H,1-5,8,15H2. The summed E-state index contributed by atoms with van der Waals surface area (Å²) < 4.78 is 5.59. The molecule has 0 saturated carbocycles. The highest BCUT2D eigenvalue weighted by Crippen LogP contribution is 2.25. The smallest absolute Gasteiger partial charge is 0.0637 e. The second kappa shape index (κ2) is 6.34. The summed E-state index contributed by atoms with van der Waals surface area (Å²) in [6.07, 6.45) is 9.38. The van der Waals surface area contributed by atoms with Gasteiger partial charge in [-0.3, -0.25) is 4.98 Å². The van der Waals surface area contributed by atoms with Crippen molar-refractivity contribution in [3.05, 3.63) is 29.0 Å². The minimum absolute atomic E-state index is 0.00639. The molecule has 2 rings (SSSR count). The van der Waals surface area contributed by atoms with Crippen LogP contribution in [0.2, 0.25) is 5.02 Å². The molecule has 1 saturated heterocycles. The molecule has 2 heterocycles. The molecule has 3 nitrogen and oxygen atoms in total. The second-order valence-corrected chi connectivity index (χ2v) is 4.98. The van der Waals surface area contributed by atoms with Gasteiger partial charge in [-0.1, -0.05) is 11.6 Å². The number of nitrogens with two attached hydrogens (primary N) is 1. The summed E-state index contributed by atoms with van der Waals surface area (Å²) in [6, 6.07) is 1.91. The summed E-state index contributed by atoms with van der Waals surface area (Å²) in [5.41, 5.74) is 7.12. The predicted molar refractivity (Wildman–Crippen MR) is 69.0 cm³/mol. The van der Waals surface area contributed by atoms with Crippen LogP contribution in [0.4, 0.5) is 0 Å². The van der Waals surface area contributed by atoms with Crippen molar-refractivity contribution in [2.24, 2.45) is 5.73 Å². The minimum Gasteiger partial charge on any atom is -0.378 e. The molecule has 1 aromatic heterocycles. The highest BCUT2D eigenvalue weighted by molar-refractivity contribution is 6.31. The largest absolute Gasteiger partial charge is 0.378 e.